The van der Waals surface area contributed by atoms with Gasteiger partial charge in [0.15, 0.2) is 23.0 Å². The predicted octanol–water partition coefficient (Wildman–Crippen LogP) is 1.62. The molecule has 0 unspecified atom stereocenters. The van der Waals surface area contributed by atoms with Crippen molar-refractivity contribution in [2.75, 3.05) is 27.8 Å². The molecule has 0 saturated carbocycles. The predicted molar refractivity (Wildman–Crippen MR) is 145 cm³/mol. The van der Waals surface area contributed by atoms with Crippen molar-refractivity contribution in [2.45, 2.75) is 63.8 Å². The van der Waals surface area contributed by atoms with Crippen molar-refractivity contribution in [3.63, 3.8) is 0 Å². The number of benzene rings is 2. The van der Waals surface area contributed by atoms with Crippen LogP contribution in [-0.4, -0.2) is 87.9 Å². The van der Waals surface area contributed by atoms with Crippen LogP contribution in [0.1, 0.15) is 52.4 Å². The number of Topliss-reactive ketones (excluding diaryl/α,β-unsaturated/α-hetero) is 1. The molecule has 1 fully saturated rings. The zero-order valence-electron chi connectivity index (χ0n) is 23.8. The van der Waals surface area contributed by atoms with Gasteiger partial charge in [-0.25, -0.2) is 0 Å². The van der Waals surface area contributed by atoms with Gasteiger partial charge in [-0.15, -0.1) is 0 Å². The van der Waals surface area contributed by atoms with E-state index in [-0.39, 0.29) is 53.9 Å². The molecule has 12 heteroatoms. The van der Waals surface area contributed by atoms with Crippen LogP contribution in [-0.2, 0) is 22.4 Å². The minimum atomic E-state index is -0.847. The highest BCUT2D eigenvalue weighted by atomic mass is 16.5. The van der Waals surface area contributed by atoms with Gasteiger partial charge in [0.1, 0.15) is 17.5 Å². The first-order chi connectivity index (χ1) is 19.4. The van der Waals surface area contributed by atoms with E-state index in [1.807, 2.05) is 16.8 Å². The first kappa shape index (κ1) is 28.3. The fourth-order valence-electron chi connectivity index (χ4n) is 7.20. The average Bonchev–Trinajstić information content (AvgIpc) is 2.93. The molecule has 3 heterocycles. The number of ether oxygens (including phenoxy) is 2. The number of amides is 1. The van der Waals surface area contributed by atoms with E-state index < -0.39 is 41.9 Å². The van der Waals surface area contributed by atoms with Gasteiger partial charge in [-0.2, -0.15) is 5.26 Å². The maximum Gasteiger partial charge on any atom is 0.287 e. The van der Waals surface area contributed by atoms with E-state index in [9.17, 15) is 35.3 Å². The van der Waals surface area contributed by atoms with Crippen molar-refractivity contribution >= 4 is 11.7 Å². The van der Waals surface area contributed by atoms with Gasteiger partial charge in [-0.3, -0.25) is 19.4 Å². The van der Waals surface area contributed by atoms with Gasteiger partial charge < -0.3 is 35.2 Å². The van der Waals surface area contributed by atoms with Gasteiger partial charge in [-0.1, -0.05) is 0 Å². The quantitative estimate of drug-likeness (QED) is 0.263. The van der Waals surface area contributed by atoms with Crippen LogP contribution in [0.15, 0.2) is 0 Å². The van der Waals surface area contributed by atoms with E-state index in [0.29, 0.717) is 33.4 Å². The fourth-order valence-corrected chi connectivity index (χ4v) is 7.20. The molecular formula is C29H34N4O8. The van der Waals surface area contributed by atoms with Gasteiger partial charge in [0, 0.05) is 58.9 Å². The van der Waals surface area contributed by atoms with E-state index in [2.05, 4.69) is 11.4 Å². The molecule has 2 bridgehead atoms. The van der Waals surface area contributed by atoms with Crippen LogP contribution in [0.4, 0.5) is 0 Å². The summed E-state index contributed by atoms with van der Waals surface area (Å²) in [5.41, 5.74) is 2.40. The van der Waals surface area contributed by atoms with Crippen molar-refractivity contribution in [3.05, 3.63) is 33.4 Å². The lowest BCUT2D eigenvalue weighted by atomic mass is 9.71. The van der Waals surface area contributed by atoms with Crippen molar-refractivity contribution in [2.24, 2.45) is 0 Å². The maximum atomic E-state index is 12.4. The van der Waals surface area contributed by atoms with Crippen LogP contribution in [0.2, 0.25) is 0 Å². The summed E-state index contributed by atoms with van der Waals surface area (Å²) in [5, 5.41) is 58.5. The van der Waals surface area contributed by atoms with E-state index in [4.69, 9.17) is 9.47 Å². The Morgan fingerprint density at radius 1 is 0.927 bits per heavy atom. The first-order valence-corrected chi connectivity index (χ1v) is 13.3. The number of nitriles is 1. The van der Waals surface area contributed by atoms with E-state index in [1.165, 1.54) is 14.2 Å². The van der Waals surface area contributed by atoms with Crippen LogP contribution in [0.25, 0.3) is 0 Å². The second-order valence-corrected chi connectivity index (χ2v) is 11.0. The first-order valence-electron chi connectivity index (χ1n) is 13.3. The molecule has 5 rings (SSSR count). The highest BCUT2D eigenvalue weighted by Gasteiger charge is 2.57. The number of ketones is 1. The number of piperazine rings is 1. The lowest BCUT2D eigenvalue weighted by Gasteiger charge is -2.60. The summed E-state index contributed by atoms with van der Waals surface area (Å²) in [6.07, 6.45) is 0.397. The number of aromatic hydroxyl groups is 4. The number of rotatable bonds is 5. The third-order valence-corrected chi connectivity index (χ3v) is 9.08. The molecule has 2 aromatic rings. The fraction of sp³-hybridized carbons (Fsp3) is 0.483. The molecular weight excluding hydrogens is 532 g/mol. The minimum absolute atomic E-state index is 0.00885. The van der Waals surface area contributed by atoms with E-state index >= 15 is 0 Å². The highest BCUT2D eigenvalue weighted by molar-refractivity contribution is 6.35. The Hall–Kier alpha value is -4.21. The number of likely N-dealkylation sites (N-methyl/N-ethyl adjacent to an activating group) is 1. The lowest BCUT2D eigenvalue weighted by molar-refractivity contribution is -0.137. The number of nitrogens with one attached hydrogen (secondary N) is 1. The van der Waals surface area contributed by atoms with E-state index in [0.717, 1.165) is 6.92 Å². The molecule has 0 aromatic heterocycles. The molecule has 0 radical (unpaired) electrons. The summed E-state index contributed by atoms with van der Waals surface area (Å²) in [5.74, 6) is -1.76. The second kappa shape index (κ2) is 10.0. The summed E-state index contributed by atoms with van der Waals surface area (Å²) >= 11 is 0. The number of carbonyl (C=O) groups excluding carboxylic acids is 2. The zero-order chi connectivity index (χ0) is 30.1. The Morgan fingerprint density at radius 3 is 1.95 bits per heavy atom. The van der Waals surface area contributed by atoms with E-state index in [1.54, 1.807) is 13.8 Å². The average molecular weight is 567 g/mol. The van der Waals surface area contributed by atoms with Crippen LogP contribution in [0, 0.1) is 25.2 Å². The number of phenols is 4. The second-order valence-electron chi connectivity index (χ2n) is 11.0. The molecule has 2 aromatic carbocycles. The summed E-state index contributed by atoms with van der Waals surface area (Å²) in [6.45, 7) is 4.26. The largest absolute Gasteiger partial charge is 0.507 e. The standard InChI is InChI=1S/C29H34N4O8/c1-11-23(35)14-8-17-22-21-15(24(36)12(2)28(41-6)26(21)38)7-16(32(22)4)18(9-30)33(17)19(10-31-29(39)13(3)34)20(14)25(37)27(11)40-5/h16-19,22,35-38H,7-8,10H2,1-6H3,(H,31,39)/t16-,17-,18-,19-,22-/m0/s1. The van der Waals surface area contributed by atoms with Crippen molar-refractivity contribution < 1.29 is 39.5 Å². The number of fused-ring (bicyclic) bond motifs is 7. The minimum Gasteiger partial charge on any atom is -0.507 e. The van der Waals surface area contributed by atoms with Gasteiger partial charge in [0.2, 0.25) is 5.78 Å². The van der Waals surface area contributed by atoms with Crippen molar-refractivity contribution in [3.8, 4) is 40.6 Å². The number of carbonyl (C=O) groups is 2. The van der Waals surface area contributed by atoms with Crippen molar-refractivity contribution in [1.29, 1.82) is 5.26 Å². The molecule has 5 N–H and O–H groups in total. The maximum absolute atomic E-state index is 12.4. The normalized spacial score (nSPS) is 24.9. The smallest absolute Gasteiger partial charge is 0.287 e. The summed E-state index contributed by atoms with van der Waals surface area (Å²) < 4.78 is 10.9. The summed E-state index contributed by atoms with van der Waals surface area (Å²) in [4.78, 5) is 28.0. The molecule has 1 amide bonds. The molecule has 218 valence electrons. The monoisotopic (exact) mass is 566 g/mol. The number of nitrogens with zero attached hydrogens (tertiary/aromatic N) is 3. The molecule has 3 aliphatic rings. The summed E-state index contributed by atoms with van der Waals surface area (Å²) in [7, 11) is 4.62. The van der Waals surface area contributed by atoms with Crippen LogP contribution >= 0.6 is 0 Å². The molecule has 5 atom stereocenters. The Kier molecular flexibility index (Phi) is 6.91. The third kappa shape index (κ3) is 3.87. The molecule has 1 saturated heterocycles. The van der Waals surface area contributed by atoms with Crippen LogP contribution < -0.4 is 14.8 Å². The molecule has 3 aliphatic heterocycles. The summed E-state index contributed by atoms with van der Waals surface area (Å²) in [6, 6.07) is -0.824. The number of phenolic OH excluding ortho intramolecular Hbond substituents is 4. The Balaban J connectivity index is 1.79. The SMILES string of the molecule is COc1c(C)c(O)c2c(c1O)[C@@H]1[C@@H]3Cc4c(O)c(C)c(OC)c(O)c4[C@H](CNC(=O)C(C)=O)N3[C@@H](C#N)[C@H](C2)N1C. The zero-order valence-corrected chi connectivity index (χ0v) is 23.8. The number of hydrogen-bond acceptors (Lipinski definition) is 11. The third-order valence-electron chi connectivity index (χ3n) is 9.08. The van der Waals surface area contributed by atoms with Gasteiger partial charge in [-0.05, 0) is 33.7 Å². The highest BCUT2D eigenvalue weighted by Crippen LogP contribution is 2.58. The van der Waals surface area contributed by atoms with Gasteiger partial charge >= 0.3 is 0 Å². The van der Waals surface area contributed by atoms with Crippen LogP contribution in [0.5, 0.6) is 34.5 Å². The number of methoxy groups -OCH3 is 2. The molecule has 12 nitrogen and oxygen atoms in total. The van der Waals surface area contributed by atoms with Crippen molar-refractivity contribution in [1.82, 2.24) is 15.1 Å². The molecule has 0 aliphatic carbocycles. The Labute approximate surface area is 237 Å². The Bertz CT molecular complexity index is 1520. The molecule has 0 spiro atoms. The molecule has 41 heavy (non-hydrogen) atoms. The number of hydrogen-bond donors (Lipinski definition) is 5. The Morgan fingerprint density at radius 2 is 1.44 bits per heavy atom. The van der Waals surface area contributed by atoms with Gasteiger partial charge in [0.25, 0.3) is 5.91 Å². The van der Waals surface area contributed by atoms with Gasteiger partial charge in [0.05, 0.1) is 32.4 Å². The van der Waals surface area contributed by atoms with Crippen LogP contribution in [0.3, 0.4) is 0 Å². The topological polar surface area (TPSA) is 176 Å². The lowest BCUT2D eigenvalue weighted by Crippen LogP contribution is -2.68.